The lowest BCUT2D eigenvalue weighted by molar-refractivity contribution is 0.112. The molecule has 1 aliphatic rings. The number of alkyl halides is 2. The van der Waals surface area contributed by atoms with Gasteiger partial charge in [0.15, 0.2) is 5.15 Å². The van der Waals surface area contributed by atoms with Crippen LogP contribution in [0.15, 0.2) is 12.3 Å². The maximum Gasteiger partial charge on any atom is 0.319 e. The van der Waals surface area contributed by atoms with Gasteiger partial charge in [-0.15, -0.1) is 10.2 Å². The van der Waals surface area contributed by atoms with E-state index in [1.807, 2.05) is 0 Å². The molecule has 0 N–H and O–H groups in total. The lowest BCUT2D eigenvalue weighted by Crippen LogP contribution is -2.01. The summed E-state index contributed by atoms with van der Waals surface area (Å²) in [7, 11) is 2.84. The predicted octanol–water partition coefficient (Wildman–Crippen LogP) is 2.73. The number of ether oxygens (including phenoxy) is 2. The lowest BCUT2D eigenvalue weighted by atomic mass is 10.1. The van der Waals surface area contributed by atoms with Gasteiger partial charge in [0, 0.05) is 18.2 Å². The Bertz CT molecular complexity index is 729. The van der Waals surface area contributed by atoms with E-state index < -0.39 is 11.8 Å². The average molecular weight is 329 g/mol. The van der Waals surface area contributed by atoms with Crippen LogP contribution in [-0.4, -0.2) is 40.3 Å². The van der Waals surface area contributed by atoms with Gasteiger partial charge in [0.25, 0.3) is 5.92 Å². The second-order valence-electron chi connectivity index (χ2n) is 4.77. The van der Waals surface area contributed by atoms with Gasteiger partial charge in [-0.2, -0.15) is 4.98 Å². The third-order valence-corrected chi connectivity index (χ3v) is 3.65. The van der Waals surface area contributed by atoms with Crippen molar-refractivity contribution in [2.24, 2.45) is 0 Å². The summed E-state index contributed by atoms with van der Waals surface area (Å²) in [6.45, 7) is 0. The van der Waals surface area contributed by atoms with Crippen LogP contribution >= 0.6 is 11.6 Å². The molecule has 1 fully saturated rings. The Morgan fingerprint density at radius 3 is 2.59 bits per heavy atom. The fraction of sp³-hybridized carbons (Fsp3) is 0.385. The smallest absolute Gasteiger partial charge is 0.319 e. The molecule has 2 aromatic heterocycles. The zero-order valence-corrected chi connectivity index (χ0v) is 12.4. The lowest BCUT2D eigenvalue weighted by Gasteiger charge is -2.09. The summed E-state index contributed by atoms with van der Waals surface area (Å²) in [5, 5.41) is 7.62. The van der Waals surface area contributed by atoms with E-state index in [0.29, 0.717) is 11.3 Å². The molecule has 0 spiro atoms. The Morgan fingerprint density at radius 1 is 1.27 bits per heavy atom. The Balaban J connectivity index is 2.04. The van der Waals surface area contributed by atoms with E-state index in [4.69, 9.17) is 21.1 Å². The monoisotopic (exact) mass is 328 g/mol. The minimum Gasteiger partial charge on any atom is -0.480 e. The number of hydrogen-bond acceptors (Lipinski definition) is 6. The largest absolute Gasteiger partial charge is 0.480 e. The van der Waals surface area contributed by atoms with Crippen molar-refractivity contribution in [2.75, 3.05) is 14.2 Å². The van der Waals surface area contributed by atoms with Gasteiger partial charge in [0.1, 0.15) is 5.69 Å². The van der Waals surface area contributed by atoms with Crippen LogP contribution in [0.2, 0.25) is 5.15 Å². The van der Waals surface area contributed by atoms with Crippen molar-refractivity contribution in [1.29, 1.82) is 0 Å². The number of nitrogens with zero attached hydrogens (tertiary/aromatic N) is 4. The molecule has 2 heterocycles. The van der Waals surface area contributed by atoms with Gasteiger partial charge < -0.3 is 9.47 Å². The number of methoxy groups -OCH3 is 2. The first-order valence-corrected chi connectivity index (χ1v) is 6.70. The van der Waals surface area contributed by atoms with Crippen LogP contribution in [0.5, 0.6) is 11.9 Å². The number of aromatic nitrogens is 4. The average Bonchev–Trinajstić information content (AvgIpc) is 3.15. The van der Waals surface area contributed by atoms with E-state index >= 15 is 0 Å². The Labute approximate surface area is 129 Å². The molecule has 0 amide bonds. The third kappa shape index (κ3) is 2.54. The van der Waals surface area contributed by atoms with Crippen LogP contribution in [0.3, 0.4) is 0 Å². The predicted molar refractivity (Wildman–Crippen MR) is 73.5 cm³/mol. The maximum atomic E-state index is 13.3. The van der Waals surface area contributed by atoms with Gasteiger partial charge in [-0.1, -0.05) is 11.6 Å². The third-order valence-electron chi connectivity index (χ3n) is 3.36. The minimum absolute atomic E-state index is 0.0284. The zero-order chi connectivity index (χ0) is 15.9. The van der Waals surface area contributed by atoms with Gasteiger partial charge in [-0.05, 0) is 6.07 Å². The van der Waals surface area contributed by atoms with E-state index in [9.17, 15) is 8.78 Å². The van der Waals surface area contributed by atoms with Gasteiger partial charge in [0.2, 0.25) is 5.88 Å². The van der Waals surface area contributed by atoms with Crippen LogP contribution in [0.1, 0.15) is 17.9 Å². The zero-order valence-electron chi connectivity index (χ0n) is 11.7. The molecule has 1 saturated carbocycles. The Kier molecular flexibility index (Phi) is 3.56. The topological polar surface area (TPSA) is 70.0 Å². The molecular weight excluding hydrogens is 318 g/mol. The van der Waals surface area contributed by atoms with Crippen molar-refractivity contribution in [3.8, 4) is 23.1 Å². The van der Waals surface area contributed by atoms with Crippen LogP contribution in [-0.2, 0) is 0 Å². The van der Waals surface area contributed by atoms with Crippen LogP contribution in [0.25, 0.3) is 11.3 Å². The molecule has 22 heavy (non-hydrogen) atoms. The fourth-order valence-electron chi connectivity index (χ4n) is 2.10. The molecule has 0 saturated heterocycles. The number of hydrogen-bond donors (Lipinski definition) is 0. The first-order valence-electron chi connectivity index (χ1n) is 6.32. The molecule has 0 aliphatic heterocycles. The van der Waals surface area contributed by atoms with E-state index in [1.165, 1.54) is 26.5 Å². The first-order chi connectivity index (χ1) is 10.5. The summed E-state index contributed by atoms with van der Waals surface area (Å²) in [6.07, 6.45) is 1.19. The van der Waals surface area contributed by atoms with Crippen molar-refractivity contribution < 1.29 is 18.3 Å². The van der Waals surface area contributed by atoms with Crippen molar-refractivity contribution in [1.82, 2.24) is 20.2 Å². The summed E-state index contributed by atoms with van der Waals surface area (Å²) >= 11 is 5.88. The summed E-state index contributed by atoms with van der Waals surface area (Å²) in [4.78, 5) is 7.98. The van der Waals surface area contributed by atoms with Crippen LogP contribution in [0, 0.1) is 0 Å². The van der Waals surface area contributed by atoms with Gasteiger partial charge in [0.05, 0.1) is 25.7 Å². The number of halogens is 3. The second-order valence-corrected chi connectivity index (χ2v) is 5.13. The van der Waals surface area contributed by atoms with Crippen LogP contribution < -0.4 is 9.47 Å². The fourth-order valence-corrected chi connectivity index (χ4v) is 2.32. The molecule has 1 aliphatic carbocycles. The molecular formula is C13H11ClF2N4O2. The molecule has 116 valence electrons. The maximum absolute atomic E-state index is 13.3. The van der Waals surface area contributed by atoms with Crippen molar-refractivity contribution >= 4 is 11.6 Å². The highest BCUT2D eigenvalue weighted by Gasteiger charge is 2.58. The molecule has 3 rings (SSSR count). The highest BCUT2D eigenvalue weighted by Crippen LogP contribution is 2.57. The summed E-state index contributed by atoms with van der Waals surface area (Å²) < 4.78 is 36.6. The molecule has 1 unspecified atom stereocenters. The van der Waals surface area contributed by atoms with Gasteiger partial charge in [-0.3, -0.25) is 0 Å². The quantitative estimate of drug-likeness (QED) is 0.859. The highest BCUT2D eigenvalue weighted by molar-refractivity contribution is 6.30. The van der Waals surface area contributed by atoms with E-state index in [0.717, 1.165) is 0 Å². The Morgan fingerprint density at radius 2 is 2.00 bits per heavy atom. The standard InChI is InChI=1S/C13H11ClF2N4O2/c1-21-11-7(5-17-12(18-11)22-2)9-3-6(10(14)20-19-9)8-4-13(8,15)16/h3,5,8H,4H2,1-2H3. The van der Waals surface area contributed by atoms with E-state index in [-0.39, 0.29) is 29.0 Å². The normalized spacial score (nSPS) is 18.9. The van der Waals surface area contributed by atoms with Crippen molar-refractivity contribution in [3.63, 3.8) is 0 Å². The highest BCUT2D eigenvalue weighted by atomic mass is 35.5. The summed E-state index contributed by atoms with van der Waals surface area (Å²) in [5.74, 6) is -3.47. The molecule has 6 nitrogen and oxygen atoms in total. The van der Waals surface area contributed by atoms with Crippen molar-refractivity contribution in [3.05, 3.63) is 23.0 Å². The van der Waals surface area contributed by atoms with Crippen molar-refractivity contribution in [2.45, 2.75) is 18.3 Å². The molecule has 9 heteroatoms. The summed E-state index contributed by atoms with van der Waals surface area (Å²) in [5.41, 5.74) is 0.980. The molecule has 0 bridgehead atoms. The van der Waals surface area contributed by atoms with E-state index in [1.54, 1.807) is 0 Å². The SMILES string of the molecule is COc1ncc(-c2cc(C3CC3(F)F)c(Cl)nn2)c(OC)n1. The Hall–Kier alpha value is -2.09. The molecule has 0 aromatic carbocycles. The second kappa shape index (κ2) is 5.28. The molecule has 1 atom stereocenters. The molecule has 2 aromatic rings. The van der Waals surface area contributed by atoms with E-state index in [2.05, 4.69) is 20.2 Å². The minimum atomic E-state index is -2.75. The first kappa shape index (κ1) is 14.8. The van der Waals surface area contributed by atoms with Crippen LogP contribution in [0.4, 0.5) is 8.78 Å². The summed E-state index contributed by atoms with van der Waals surface area (Å²) in [6, 6.07) is 1.59. The van der Waals surface area contributed by atoms with Gasteiger partial charge in [-0.25, -0.2) is 13.8 Å². The van der Waals surface area contributed by atoms with Gasteiger partial charge >= 0.3 is 6.01 Å². The number of rotatable bonds is 4. The molecule has 0 radical (unpaired) electrons.